The number of hydrogen-bond donors (Lipinski definition) is 1. The summed E-state index contributed by atoms with van der Waals surface area (Å²) in [5.74, 6) is 0. The summed E-state index contributed by atoms with van der Waals surface area (Å²) in [6, 6.07) is 12.7. The number of nitrogens with zero attached hydrogens (tertiary/aromatic N) is 2. The van der Waals surface area contributed by atoms with Crippen molar-refractivity contribution < 1.29 is 0 Å². The van der Waals surface area contributed by atoms with Crippen molar-refractivity contribution in [3.8, 4) is 0 Å². The van der Waals surface area contributed by atoms with Crippen LogP contribution in [-0.4, -0.2) is 30.0 Å². The van der Waals surface area contributed by atoms with Crippen molar-refractivity contribution in [3.63, 3.8) is 0 Å². The molecule has 4 heteroatoms. The highest BCUT2D eigenvalue weighted by Gasteiger charge is 2.49. The zero-order chi connectivity index (χ0) is 17.6. The molecule has 1 aromatic carbocycles. The lowest BCUT2D eigenvalue weighted by Crippen LogP contribution is -2.58. The number of likely N-dealkylation sites (tertiary alicyclic amines) is 1. The van der Waals surface area contributed by atoms with Crippen LogP contribution < -0.4 is 5.73 Å². The normalized spacial score (nSPS) is 20.1. The van der Waals surface area contributed by atoms with Gasteiger partial charge < -0.3 is 10.6 Å². The van der Waals surface area contributed by atoms with E-state index in [1.807, 2.05) is 19.2 Å². The molecule has 1 saturated carbocycles. The average molecular weight is 354 g/mol. The van der Waals surface area contributed by atoms with Crippen LogP contribution in [0.4, 0.5) is 0 Å². The van der Waals surface area contributed by atoms with E-state index >= 15 is 0 Å². The van der Waals surface area contributed by atoms with E-state index in [0.29, 0.717) is 10.6 Å². The summed E-state index contributed by atoms with van der Waals surface area (Å²) < 4.78 is 0. The Hall–Kier alpha value is -1.68. The van der Waals surface area contributed by atoms with Crippen molar-refractivity contribution in [2.24, 2.45) is 11.1 Å². The van der Waals surface area contributed by atoms with Crippen LogP contribution in [0.5, 0.6) is 0 Å². The summed E-state index contributed by atoms with van der Waals surface area (Å²) in [6.45, 7) is 4.44. The molecule has 1 aromatic heterocycles. The van der Waals surface area contributed by atoms with Crippen molar-refractivity contribution in [1.82, 2.24) is 9.88 Å². The topological polar surface area (TPSA) is 42.1 Å². The Balaban J connectivity index is 1.71. The fourth-order valence-electron chi connectivity index (χ4n) is 4.40. The Kier molecular flexibility index (Phi) is 4.19. The maximum Gasteiger partial charge on any atom is 0.129 e. The molecule has 2 heterocycles. The Bertz CT molecular complexity index is 790. The Labute approximate surface area is 154 Å². The van der Waals surface area contributed by atoms with Crippen LogP contribution in [0.25, 0.3) is 5.57 Å². The summed E-state index contributed by atoms with van der Waals surface area (Å²) in [4.78, 5) is 6.70. The van der Waals surface area contributed by atoms with Gasteiger partial charge in [-0.2, -0.15) is 0 Å². The highest BCUT2D eigenvalue weighted by molar-refractivity contribution is 6.29. The summed E-state index contributed by atoms with van der Waals surface area (Å²) in [6.07, 6.45) is 4.26. The Morgan fingerprint density at radius 2 is 1.76 bits per heavy atom. The lowest BCUT2D eigenvalue weighted by atomic mass is 9.59. The summed E-state index contributed by atoms with van der Waals surface area (Å²) in [7, 11) is 2.20. The zero-order valence-corrected chi connectivity index (χ0v) is 15.6. The second-order valence-corrected chi connectivity index (χ2v) is 8.17. The third-order valence-electron chi connectivity index (χ3n) is 5.48. The van der Waals surface area contributed by atoms with Gasteiger partial charge in [0.1, 0.15) is 5.15 Å². The van der Waals surface area contributed by atoms with E-state index in [1.54, 1.807) is 0 Å². The van der Waals surface area contributed by atoms with E-state index in [-0.39, 0.29) is 6.04 Å². The Morgan fingerprint density at radius 1 is 1.12 bits per heavy atom. The maximum atomic E-state index is 6.00. The van der Waals surface area contributed by atoms with E-state index in [9.17, 15) is 0 Å². The molecule has 0 amide bonds. The molecule has 2 N–H and O–H groups in total. The van der Waals surface area contributed by atoms with Gasteiger partial charge in [-0.25, -0.2) is 4.98 Å². The molecule has 0 bridgehead atoms. The van der Waals surface area contributed by atoms with Gasteiger partial charge in [0.2, 0.25) is 0 Å². The van der Waals surface area contributed by atoms with E-state index in [2.05, 4.69) is 47.3 Å². The second kappa shape index (κ2) is 6.24. The van der Waals surface area contributed by atoms with E-state index in [4.69, 9.17) is 17.3 Å². The summed E-state index contributed by atoms with van der Waals surface area (Å²) in [5.41, 5.74) is 12.9. The molecule has 1 saturated heterocycles. The van der Waals surface area contributed by atoms with Crippen LogP contribution in [-0.2, 0) is 0 Å². The predicted molar refractivity (Wildman–Crippen MR) is 103 cm³/mol. The van der Waals surface area contributed by atoms with Crippen LogP contribution >= 0.6 is 11.6 Å². The standard InChI is InChI=1S/C21H24ClN3/c1-14(23)15-3-5-16(6-4-15)20(17-7-8-19(22)24-11-17)18-9-21(10-18)12-25(2)13-21/h3-8,11,14H,9-10,12-13,23H2,1-2H3/t14-/m1/s1. The van der Waals surface area contributed by atoms with Crippen LogP contribution in [0.15, 0.2) is 48.2 Å². The minimum atomic E-state index is 0.0554. The van der Waals surface area contributed by atoms with Crippen LogP contribution in [0.2, 0.25) is 5.15 Å². The van der Waals surface area contributed by atoms with Gasteiger partial charge in [0.25, 0.3) is 0 Å². The molecular formula is C21H24ClN3. The lowest BCUT2D eigenvalue weighted by molar-refractivity contribution is -0.0106. The van der Waals surface area contributed by atoms with Gasteiger partial charge in [-0.05, 0) is 55.6 Å². The second-order valence-electron chi connectivity index (χ2n) is 7.78. The first-order valence-corrected chi connectivity index (χ1v) is 9.22. The number of hydrogen-bond acceptors (Lipinski definition) is 3. The monoisotopic (exact) mass is 353 g/mol. The molecule has 130 valence electrons. The molecule has 2 aromatic rings. The minimum Gasteiger partial charge on any atom is -0.324 e. The fraction of sp³-hybridized carbons (Fsp3) is 0.381. The molecule has 0 radical (unpaired) electrons. The largest absolute Gasteiger partial charge is 0.324 e. The van der Waals surface area contributed by atoms with Crippen molar-refractivity contribution in [1.29, 1.82) is 0 Å². The van der Waals surface area contributed by atoms with Crippen LogP contribution in [0, 0.1) is 5.41 Å². The predicted octanol–water partition coefficient (Wildman–Crippen LogP) is 4.28. The molecule has 2 aliphatic rings. The van der Waals surface area contributed by atoms with Crippen molar-refractivity contribution in [3.05, 3.63) is 70.0 Å². The van der Waals surface area contributed by atoms with Gasteiger partial charge in [-0.3, -0.25) is 0 Å². The highest BCUT2D eigenvalue weighted by Crippen LogP contribution is 2.54. The number of allylic oxidation sites excluding steroid dienone is 1. The quantitative estimate of drug-likeness (QED) is 0.837. The smallest absolute Gasteiger partial charge is 0.129 e. The highest BCUT2D eigenvalue weighted by atomic mass is 35.5. The van der Waals surface area contributed by atoms with Crippen LogP contribution in [0.3, 0.4) is 0 Å². The molecule has 0 unspecified atom stereocenters. The molecule has 1 atom stereocenters. The molecule has 1 aliphatic carbocycles. The van der Waals surface area contributed by atoms with E-state index in [0.717, 1.165) is 11.1 Å². The van der Waals surface area contributed by atoms with Crippen molar-refractivity contribution in [2.45, 2.75) is 25.8 Å². The van der Waals surface area contributed by atoms with Gasteiger partial charge in [0.15, 0.2) is 0 Å². The fourth-order valence-corrected chi connectivity index (χ4v) is 4.52. The maximum absolute atomic E-state index is 6.00. The lowest BCUT2D eigenvalue weighted by Gasteiger charge is -2.56. The van der Waals surface area contributed by atoms with Gasteiger partial charge in [-0.1, -0.05) is 41.4 Å². The molecular weight excluding hydrogens is 330 g/mol. The van der Waals surface area contributed by atoms with Gasteiger partial charge in [0.05, 0.1) is 0 Å². The molecule has 2 fully saturated rings. The van der Waals surface area contributed by atoms with Gasteiger partial charge in [-0.15, -0.1) is 0 Å². The number of benzene rings is 1. The number of rotatable bonds is 3. The summed E-state index contributed by atoms with van der Waals surface area (Å²) in [5, 5.41) is 0.533. The minimum absolute atomic E-state index is 0.0554. The number of pyridine rings is 1. The zero-order valence-electron chi connectivity index (χ0n) is 14.8. The summed E-state index contributed by atoms with van der Waals surface area (Å²) >= 11 is 5.99. The van der Waals surface area contributed by atoms with E-state index in [1.165, 1.54) is 42.6 Å². The van der Waals surface area contributed by atoms with Gasteiger partial charge >= 0.3 is 0 Å². The van der Waals surface area contributed by atoms with Crippen molar-refractivity contribution in [2.75, 3.05) is 20.1 Å². The average Bonchev–Trinajstić information content (AvgIpc) is 2.53. The van der Waals surface area contributed by atoms with Crippen molar-refractivity contribution >= 4 is 17.2 Å². The Morgan fingerprint density at radius 3 is 2.28 bits per heavy atom. The SMILES string of the molecule is C[C@@H](N)c1ccc(C(=C2CC3(C2)CN(C)C3)c2ccc(Cl)nc2)cc1. The first-order chi connectivity index (χ1) is 12.0. The molecule has 3 nitrogen and oxygen atoms in total. The number of nitrogens with two attached hydrogens (primary N) is 1. The number of aromatic nitrogens is 1. The molecule has 4 rings (SSSR count). The molecule has 1 spiro atoms. The van der Waals surface area contributed by atoms with Gasteiger partial charge in [0, 0.05) is 36.3 Å². The molecule has 1 aliphatic heterocycles. The third-order valence-corrected chi connectivity index (χ3v) is 5.71. The van der Waals surface area contributed by atoms with Crippen LogP contribution in [0.1, 0.15) is 42.5 Å². The first-order valence-electron chi connectivity index (χ1n) is 8.84. The van der Waals surface area contributed by atoms with E-state index < -0.39 is 0 Å². The number of halogens is 1. The third kappa shape index (κ3) is 3.12. The first kappa shape index (κ1) is 16.8. The molecule has 25 heavy (non-hydrogen) atoms.